The van der Waals surface area contributed by atoms with Crippen LogP contribution in [0.4, 0.5) is 0 Å². The molecule has 0 bridgehead atoms. The van der Waals surface area contributed by atoms with Gasteiger partial charge in [0.05, 0.1) is 0 Å². The highest BCUT2D eigenvalue weighted by molar-refractivity contribution is 5.76. The average molecular weight is 184 g/mol. The van der Waals surface area contributed by atoms with Gasteiger partial charge in [0.2, 0.25) is 5.91 Å². The second kappa shape index (κ2) is 3.64. The Morgan fingerprint density at radius 2 is 2.08 bits per heavy atom. The van der Waals surface area contributed by atoms with Crippen LogP contribution in [0.5, 0.6) is 0 Å². The average Bonchev–Trinajstić information content (AvgIpc) is 2.32. The summed E-state index contributed by atoms with van der Waals surface area (Å²) in [4.78, 5) is 11.1. The molecule has 0 aliphatic carbocycles. The molecule has 2 aliphatic heterocycles. The third kappa shape index (κ3) is 2.00. The highest BCUT2D eigenvalue weighted by Crippen LogP contribution is 2.20. The fourth-order valence-corrected chi connectivity index (χ4v) is 1.98. The van der Waals surface area contributed by atoms with E-state index in [-0.39, 0.29) is 11.4 Å². The zero-order valence-corrected chi connectivity index (χ0v) is 7.77. The molecule has 1 spiro atoms. The summed E-state index contributed by atoms with van der Waals surface area (Å²) in [5.74, 6) is 0.163. The van der Waals surface area contributed by atoms with E-state index in [0.717, 1.165) is 39.1 Å². The highest BCUT2D eigenvalue weighted by Gasteiger charge is 2.33. The molecule has 1 amide bonds. The monoisotopic (exact) mass is 184 g/mol. The van der Waals surface area contributed by atoms with Crippen LogP contribution >= 0.6 is 0 Å². The van der Waals surface area contributed by atoms with Gasteiger partial charge in [-0.2, -0.15) is 0 Å². The molecule has 0 aromatic carbocycles. The van der Waals surface area contributed by atoms with Crippen LogP contribution in [0.15, 0.2) is 0 Å². The predicted molar refractivity (Wildman–Crippen MR) is 48.4 cm³/mol. The molecule has 0 unspecified atom stereocenters. The third-order valence-corrected chi connectivity index (χ3v) is 2.93. The number of amides is 1. The Labute approximate surface area is 78.0 Å². The van der Waals surface area contributed by atoms with Crippen LogP contribution in [0.3, 0.4) is 0 Å². The number of carbonyl (C=O) groups excluding carboxylic acids is 1. The Hall–Kier alpha value is -0.610. The molecule has 4 heteroatoms. The van der Waals surface area contributed by atoms with Crippen LogP contribution in [0.25, 0.3) is 0 Å². The van der Waals surface area contributed by atoms with E-state index < -0.39 is 0 Å². The molecule has 2 fully saturated rings. The summed E-state index contributed by atoms with van der Waals surface area (Å²) in [5, 5.41) is 6.41. The van der Waals surface area contributed by atoms with Gasteiger partial charge in [0.15, 0.2) is 0 Å². The van der Waals surface area contributed by atoms with Crippen LogP contribution in [0.2, 0.25) is 0 Å². The smallest absolute Gasteiger partial charge is 0.221 e. The first-order valence-corrected chi connectivity index (χ1v) is 4.90. The van der Waals surface area contributed by atoms with Crippen LogP contribution in [0.1, 0.15) is 19.3 Å². The molecular formula is C9H16N2O2. The van der Waals surface area contributed by atoms with E-state index in [1.807, 2.05) is 0 Å². The van der Waals surface area contributed by atoms with Crippen molar-refractivity contribution >= 4 is 5.91 Å². The second-order valence-electron chi connectivity index (χ2n) is 3.85. The first-order valence-electron chi connectivity index (χ1n) is 4.90. The quantitative estimate of drug-likeness (QED) is 0.541. The lowest BCUT2D eigenvalue weighted by Gasteiger charge is -2.36. The minimum atomic E-state index is 0.115. The van der Waals surface area contributed by atoms with E-state index in [1.54, 1.807) is 0 Å². The number of hydrogen-bond donors (Lipinski definition) is 2. The van der Waals surface area contributed by atoms with Crippen LogP contribution in [0, 0.1) is 0 Å². The maximum absolute atomic E-state index is 11.1. The summed E-state index contributed by atoms with van der Waals surface area (Å²) in [6, 6.07) is 0. The maximum Gasteiger partial charge on any atom is 0.221 e. The van der Waals surface area contributed by atoms with Gasteiger partial charge in [-0.05, 0) is 12.8 Å². The van der Waals surface area contributed by atoms with Crippen molar-refractivity contribution in [3.05, 3.63) is 0 Å². The largest absolute Gasteiger partial charge is 0.381 e. The van der Waals surface area contributed by atoms with Gasteiger partial charge in [-0.25, -0.2) is 0 Å². The molecule has 2 heterocycles. The molecule has 2 N–H and O–H groups in total. The van der Waals surface area contributed by atoms with Crippen molar-refractivity contribution in [2.24, 2.45) is 0 Å². The molecule has 0 aromatic heterocycles. The van der Waals surface area contributed by atoms with E-state index in [9.17, 15) is 4.79 Å². The summed E-state index contributed by atoms with van der Waals surface area (Å²) >= 11 is 0. The lowest BCUT2D eigenvalue weighted by molar-refractivity contribution is -0.120. The lowest BCUT2D eigenvalue weighted by atomic mass is 9.90. The standard InChI is InChI=1S/C9H16N2O2/c12-8-1-4-11-9(7-10-8)2-5-13-6-3-9/h11H,1-7H2,(H,10,12). The minimum absolute atomic E-state index is 0.115. The van der Waals surface area contributed by atoms with Crippen molar-refractivity contribution in [1.29, 1.82) is 0 Å². The number of rotatable bonds is 0. The second-order valence-corrected chi connectivity index (χ2v) is 3.85. The molecule has 0 aromatic rings. The number of hydrogen-bond acceptors (Lipinski definition) is 3. The fourth-order valence-electron chi connectivity index (χ4n) is 1.98. The van der Waals surface area contributed by atoms with Gasteiger partial charge in [-0.1, -0.05) is 0 Å². The van der Waals surface area contributed by atoms with Crippen LogP contribution in [-0.4, -0.2) is 37.7 Å². The van der Waals surface area contributed by atoms with Gasteiger partial charge in [0.1, 0.15) is 0 Å². The molecule has 0 radical (unpaired) electrons. The van der Waals surface area contributed by atoms with Crippen molar-refractivity contribution in [1.82, 2.24) is 10.6 Å². The first-order chi connectivity index (χ1) is 6.31. The Bertz CT molecular complexity index is 200. The number of carbonyl (C=O) groups is 1. The summed E-state index contributed by atoms with van der Waals surface area (Å²) in [6.45, 7) is 3.17. The predicted octanol–water partition coefficient (Wildman–Crippen LogP) is -0.355. The summed E-state index contributed by atoms with van der Waals surface area (Å²) < 4.78 is 5.31. The van der Waals surface area contributed by atoms with E-state index in [2.05, 4.69) is 10.6 Å². The molecule has 2 aliphatic rings. The van der Waals surface area contributed by atoms with Crippen molar-refractivity contribution < 1.29 is 9.53 Å². The summed E-state index contributed by atoms with van der Waals surface area (Å²) in [5.41, 5.74) is 0.115. The van der Waals surface area contributed by atoms with E-state index in [1.165, 1.54) is 0 Å². The van der Waals surface area contributed by atoms with Crippen molar-refractivity contribution in [2.75, 3.05) is 26.3 Å². The molecule has 74 valence electrons. The Morgan fingerprint density at radius 3 is 2.85 bits per heavy atom. The zero-order chi connectivity index (χ0) is 9.15. The van der Waals surface area contributed by atoms with Crippen molar-refractivity contribution in [3.63, 3.8) is 0 Å². The fraction of sp³-hybridized carbons (Fsp3) is 0.889. The van der Waals surface area contributed by atoms with Gasteiger partial charge in [-0.15, -0.1) is 0 Å². The molecular weight excluding hydrogens is 168 g/mol. The maximum atomic E-state index is 11.1. The van der Waals surface area contributed by atoms with E-state index >= 15 is 0 Å². The topological polar surface area (TPSA) is 50.4 Å². The number of nitrogens with one attached hydrogen (secondary N) is 2. The Kier molecular flexibility index (Phi) is 2.51. The lowest BCUT2D eigenvalue weighted by Crippen LogP contribution is -2.54. The van der Waals surface area contributed by atoms with Crippen LogP contribution < -0.4 is 10.6 Å². The van der Waals surface area contributed by atoms with Gasteiger partial charge >= 0.3 is 0 Å². The molecule has 2 saturated heterocycles. The molecule has 13 heavy (non-hydrogen) atoms. The zero-order valence-electron chi connectivity index (χ0n) is 7.77. The normalized spacial score (nSPS) is 28.2. The Morgan fingerprint density at radius 1 is 1.31 bits per heavy atom. The highest BCUT2D eigenvalue weighted by atomic mass is 16.5. The molecule has 0 atom stereocenters. The minimum Gasteiger partial charge on any atom is -0.381 e. The van der Waals surface area contributed by atoms with Crippen molar-refractivity contribution in [3.8, 4) is 0 Å². The van der Waals surface area contributed by atoms with E-state index in [0.29, 0.717) is 6.42 Å². The SMILES string of the molecule is O=C1CCNC2(CCOCC2)CN1. The Balaban J connectivity index is 1.99. The van der Waals surface area contributed by atoms with Crippen LogP contribution in [-0.2, 0) is 9.53 Å². The molecule has 4 nitrogen and oxygen atoms in total. The molecule has 0 saturated carbocycles. The van der Waals surface area contributed by atoms with E-state index in [4.69, 9.17) is 4.74 Å². The van der Waals surface area contributed by atoms with Gasteiger partial charge in [0, 0.05) is 38.3 Å². The number of ether oxygens (including phenoxy) is 1. The third-order valence-electron chi connectivity index (χ3n) is 2.93. The summed E-state index contributed by atoms with van der Waals surface area (Å²) in [7, 11) is 0. The first kappa shape index (κ1) is 8.97. The van der Waals surface area contributed by atoms with Crippen molar-refractivity contribution in [2.45, 2.75) is 24.8 Å². The van der Waals surface area contributed by atoms with Gasteiger partial charge in [0.25, 0.3) is 0 Å². The van der Waals surface area contributed by atoms with Gasteiger partial charge in [-0.3, -0.25) is 4.79 Å². The van der Waals surface area contributed by atoms with Gasteiger partial charge < -0.3 is 15.4 Å². The molecule has 2 rings (SSSR count). The summed E-state index contributed by atoms with van der Waals surface area (Å²) in [6.07, 6.45) is 2.61.